The average molecular weight is 491 g/mol. The van der Waals surface area contributed by atoms with Crippen molar-refractivity contribution in [2.24, 2.45) is 4.99 Å². The number of nitrogens with zero attached hydrogens (tertiary/aromatic N) is 3. The molecule has 0 N–H and O–H groups in total. The zero-order valence-electron chi connectivity index (χ0n) is 24.3. The lowest BCUT2D eigenvalue weighted by Gasteiger charge is -2.29. The van der Waals surface area contributed by atoms with Crippen molar-refractivity contribution in [1.29, 1.82) is 0 Å². The fraction of sp³-hybridized carbons (Fsp3) is 0.516. The van der Waals surface area contributed by atoms with Gasteiger partial charge in [-0.25, -0.2) is 4.99 Å². The molecule has 0 fully saturated rings. The van der Waals surface area contributed by atoms with Gasteiger partial charge < -0.3 is 5.32 Å². The van der Waals surface area contributed by atoms with Gasteiger partial charge >= 0.3 is 0 Å². The molecular formula is C31H44N3O2-. The van der Waals surface area contributed by atoms with E-state index in [1.165, 1.54) is 12.4 Å². The highest BCUT2D eigenvalue weighted by atomic mass is 16.6. The van der Waals surface area contributed by atoms with Gasteiger partial charge in [-0.1, -0.05) is 114 Å². The van der Waals surface area contributed by atoms with Crippen molar-refractivity contribution in [2.75, 3.05) is 0 Å². The van der Waals surface area contributed by atoms with Crippen molar-refractivity contribution < 1.29 is 4.92 Å². The second kappa shape index (κ2) is 10.2. The van der Waals surface area contributed by atoms with E-state index in [1.807, 2.05) is 24.3 Å². The highest BCUT2D eigenvalue weighted by Crippen LogP contribution is 2.35. The van der Waals surface area contributed by atoms with Gasteiger partial charge in [0.15, 0.2) is 0 Å². The van der Waals surface area contributed by atoms with Crippen LogP contribution in [-0.4, -0.2) is 11.1 Å². The Balaban J connectivity index is 2.48. The molecule has 5 nitrogen and oxygen atoms in total. The third-order valence-electron chi connectivity index (χ3n) is 6.20. The largest absolute Gasteiger partial charge is 0.659 e. The summed E-state index contributed by atoms with van der Waals surface area (Å²) in [6.45, 7) is 25.8. The predicted molar refractivity (Wildman–Crippen MR) is 154 cm³/mol. The third kappa shape index (κ3) is 8.04. The van der Waals surface area contributed by atoms with Gasteiger partial charge in [-0.2, -0.15) is 0 Å². The number of aliphatic imine (C=N–C) groups is 1. The minimum absolute atomic E-state index is 0.0640. The number of hydrogen-bond donors (Lipinski definition) is 0. The third-order valence-corrected chi connectivity index (χ3v) is 6.20. The first-order chi connectivity index (χ1) is 16.2. The summed E-state index contributed by atoms with van der Waals surface area (Å²) in [5.41, 5.74) is 5.56. The second-order valence-corrected chi connectivity index (χ2v) is 13.7. The number of allylic oxidation sites excluding steroid dienone is 1. The van der Waals surface area contributed by atoms with Crippen LogP contribution in [0.5, 0.6) is 0 Å². The van der Waals surface area contributed by atoms with Gasteiger partial charge in [-0.15, -0.1) is 5.69 Å². The van der Waals surface area contributed by atoms with Crippen LogP contribution in [0, 0.1) is 10.1 Å². The van der Waals surface area contributed by atoms with E-state index in [1.54, 1.807) is 0 Å². The summed E-state index contributed by atoms with van der Waals surface area (Å²) in [5.74, 6) is 0. The van der Waals surface area contributed by atoms with E-state index in [0.717, 1.165) is 22.3 Å². The van der Waals surface area contributed by atoms with Crippen molar-refractivity contribution in [3.8, 4) is 0 Å². The van der Waals surface area contributed by atoms with Crippen molar-refractivity contribution in [3.63, 3.8) is 0 Å². The maximum absolute atomic E-state index is 11.8. The molecule has 0 spiro atoms. The fourth-order valence-electron chi connectivity index (χ4n) is 3.51. The maximum Gasteiger partial charge on any atom is 0.265 e. The van der Waals surface area contributed by atoms with Crippen LogP contribution in [0.4, 0.5) is 11.4 Å². The Kier molecular flexibility index (Phi) is 8.29. The molecule has 2 aromatic rings. The van der Waals surface area contributed by atoms with Crippen LogP contribution in [-0.2, 0) is 21.7 Å². The van der Waals surface area contributed by atoms with Gasteiger partial charge in [0, 0.05) is 0 Å². The van der Waals surface area contributed by atoms with E-state index >= 15 is 0 Å². The number of hydrogen-bond acceptors (Lipinski definition) is 3. The van der Waals surface area contributed by atoms with E-state index in [9.17, 15) is 10.1 Å². The van der Waals surface area contributed by atoms with Gasteiger partial charge in [0.1, 0.15) is 6.21 Å². The van der Waals surface area contributed by atoms with Gasteiger partial charge in [0.25, 0.3) is 5.70 Å². The maximum atomic E-state index is 11.8. The molecule has 36 heavy (non-hydrogen) atoms. The Morgan fingerprint density at radius 3 is 1.39 bits per heavy atom. The van der Waals surface area contributed by atoms with E-state index < -0.39 is 4.92 Å². The van der Waals surface area contributed by atoms with Gasteiger partial charge in [0.2, 0.25) is 0 Å². The van der Waals surface area contributed by atoms with Crippen LogP contribution in [0.2, 0.25) is 0 Å². The zero-order chi connectivity index (χ0) is 27.7. The molecular weight excluding hydrogens is 446 g/mol. The molecule has 0 bridgehead atoms. The normalized spacial score (nSPS) is 13.8. The molecule has 0 saturated carbocycles. The summed E-state index contributed by atoms with van der Waals surface area (Å²) < 4.78 is 0. The van der Waals surface area contributed by atoms with Crippen molar-refractivity contribution in [3.05, 3.63) is 86.0 Å². The number of nitro groups is 1. The molecule has 0 aliphatic carbocycles. The molecule has 0 aromatic heterocycles. The number of benzene rings is 2. The van der Waals surface area contributed by atoms with E-state index in [0.29, 0.717) is 11.4 Å². The number of rotatable bonds is 5. The van der Waals surface area contributed by atoms with Crippen LogP contribution < -0.4 is 0 Å². The standard InChI is InChI=1S/C31H44N3O2/c1-28(2,3)21-13-22(29(4,5)6)16-25(15-21)32-19-27(34(35)36)20-33-26-17-23(30(7,8)9)14-24(18-26)31(10,11)12/h13-20H,1-12H3/q-1/b27-19-,33-20?. The minimum atomic E-state index is -0.441. The van der Waals surface area contributed by atoms with E-state index in [4.69, 9.17) is 0 Å². The molecule has 0 amide bonds. The monoisotopic (exact) mass is 490 g/mol. The molecule has 0 radical (unpaired) electrons. The first kappa shape index (κ1) is 29.3. The smallest absolute Gasteiger partial charge is 0.265 e. The Hall–Kier alpha value is -2.95. The van der Waals surface area contributed by atoms with E-state index in [2.05, 4.69) is 106 Å². The SMILES string of the molecule is CC(C)(C)c1cc(N=C/C(=C/[N-]c2cc(C(C)(C)C)cc(C(C)(C)C)c2)[N+](=O)[O-])cc(C(C)(C)C)c1. The molecule has 196 valence electrons. The summed E-state index contributed by atoms with van der Waals surface area (Å²) in [4.78, 5) is 15.9. The van der Waals surface area contributed by atoms with Crippen LogP contribution in [0.15, 0.2) is 53.3 Å². The Morgan fingerprint density at radius 1 is 0.694 bits per heavy atom. The summed E-state index contributed by atoms with van der Waals surface area (Å²) in [5, 5.41) is 16.3. The van der Waals surface area contributed by atoms with Crippen molar-refractivity contribution in [1.82, 2.24) is 0 Å². The lowest BCUT2D eigenvalue weighted by molar-refractivity contribution is -0.414. The Morgan fingerprint density at radius 2 is 1.06 bits per heavy atom. The summed E-state index contributed by atoms with van der Waals surface area (Å²) >= 11 is 0. The molecule has 2 rings (SSSR count). The first-order valence-corrected chi connectivity index (χ1v) is 12.6. The molecule has 0 unspecified atom stereocenters. The van der Waals surface area contributed by atoms with Crippen LogP contribution in [0.1, 0.15) is 105 Å². The first-order valence-electron chi connectivity index (χ1n) is 12.6. The highest BCUT2D eigenvalue weighted by molar-refractivity contribution is 5.79. The summed E-state index contributed by atoms with van der Waals surface area (Å²) in [7, 11) is 0. The van der Waals surface area contributed by atoms with Gasteiger partial charge in [0.05, 0.1) is 10.6 Å². The van der Waals surface area contributed by atoms with Crippen molar-refractivity contribution in [2.45, 2.75) is 105 Å². The highest BCUT2D eigenvalue weighted by Gasteiger charge is 2.21. The quantitative estimate of drug-likeness (QED) is 0.238. The van der Waals surface area contributed by atoms with Gasteiger partial charge in [-0.05, 0) is 56.0 Å². The van der Waals surface area contributed by atoms with Crippen LogP contribution >= 0.6 is 0 Å². The Bertz CT molecular complexity index is 1100. The molecule has 0 heterocycles. The summed E-state index contributed by atoms with van der Waals surface area (Å²) in [6, 6.07) is 12.4. The predicted octanol–water partition coefficient (Wildman–Crippen LogP) is 9.40. The Labute approximate surface area is 218 Å². The minimum Gasteiger partial charge on any atom is -0.659 e. The fourth-order valence-corrected chi connectivity index (χ4v) is 3.51. The summed E-state index contributed by atoms with van der Waals surface area (Å²) in [6.07, 6.45) is 2.60. The second-order valence-electron chi connectivity index (χ2n) is 13.7. The molecule has 0 saturated heterocycles. The molecule has 0 atom stereocenters. The zero-order valence-corrected chi connectivity index (χ0v) is 24.3. The molecule has 5 heteroatoms. The topological polar surface area (TPSA) is 69.6 Å². The van der Waals surface area contributed by atoms with Crippen molar-refractivity contribution >= 4 is 17.6 Å². The molecule has 2 aromatic carbocycles. The van der Waals surface area contributed by atoms with Gasteiger partial charge in [-0.3, -0.25) is 10.1 Å². The van der Waals surface area contributed by atoms with Crippen LogP contribution in [0.3, 0.4) is 0 Å². The molecule has 0 aliphatic rings. The lowest BCUT2D eigenvalue weighted by atomic mass is 9.80. The average Bonchev–Trinajstić information content (AvgIpc) is 2.70. The molecule has 0 aliphatic heterocycles. The van der Waals surface area contributed by atoms with E-state index in [-0.39, 0.29) is 27.4 Å². The van der Waals surface area contributed by atoms with Crippen LogP contribution in [0.25, 0.3) is 5.32 Å². The lowest BCUT2D eigenvalue weighted by Crippen LogP contribution is -2.16.